The van der Waals surface area contributed by atoms with Gasteiger partial charge in [0.25, 0.3) is 0 Å². The summed E-state index contributed by atoms with van der Waals surface area (Å²) in [5.74, 6) is -0.563. The molecule has 13 heavy (non-hydrogen) atoms. The molecule has 0 saturated carbocycles. The van der Waals surface area contributed by atoms with E-state index in [2.05, 4.69) is 4.74 Å². The van der Waals surface area contributed by atoms with Crippen molar-refractivity contribution in [1.29, 1.82) is 0 Å². The minimum Gasteiger partial charge on any atom is -0.464 e. The molecule has 1 atom stereocenters. The number of hydrogen-bond acceptors (Lipinski definition) is 4. The van der Waals surface area contributed by atoms with Crippen molar-refractivity contribution in [2.45, 2.75) is 45.3 Å². The molecular weight excluding hydrogens is 170 g/mol. The highest BCUT2D eigenvalue weighted by molar-refractivity contribution is 5.74. The largest absolute Gasteiger partial charge is 0.464 e. The minimum absolute atomic E-state index is 0.294. The van der Waals surface area contributed by atoms with Gasteiger partial charge in [-0.05, 0) is 33.6 Å². The first-order valence-corrected chi connectivity index (χ1v) is 4.50. The fourth-order valence-corrected chi connectivity index (χ4v) is 0.865. The van der Waals surface area contributed by atoms with Gasteiger partial charge in [-0.1, -0.05) is 0 Å². The molecule has 0 fully saturated rings. The van der Waals surface area contributed by atoms with Crippen molar-refractivity contribution < 1.29 is 14.6 Å². The fourth-order valence-electron chi connectivity index (χ4n) is 0.865. The molecule has 0 saturated heterocycles. The zero-order valence-electron chi connectivity index (χ0n) is 8.54. The third-order valence-electron chi connectivity index (χ3n) is 1.62. The molecule has 0 aliphatic rings. The Bertz CT molecular complexity index is 163. The predicted octanol–water partition coefficient (Wildman–Crippen LogP) is 0.428. The van der Waals surface area contributed by atoms with Crippen LogP contribution in [0.4, 0.5) is 0 Å². The summed E-state index contributed by atoms with van der Waals surface area (Å²) in [6, 6.07) is 0. The standard InChI is InChI=1S/C9H19NO3/c1-4-13-8(12)7(11)5-6-9(2,3)10/h7,11H,4-6,10H2,1-3H3. The quantitative estimate of drug-likeness (QED) is 0.615. The Morgan fingerprint density at radius 1 is 1.62 bits per heavy atom. The lowest BCUT2D eigenvalue weighted by Crippen LogP contribution is -2.34. The van der Waals surface area contributed by atoms with Gasteiger partial charge in [-0.2, -0.15) is 0 Å². The molecule has 0 aliphatic heterocycles. The van der Waals surface area contributed by atoms with Gasteiger partial charge in [0.2, 0.25) is 0 Å². The molecule has 78 valence electrons. The highest BCUT2D eigenvalue weighted by Crippen LogP contribution is 2.10. The second kappa shape index (κ2) is 5.19. The molecular formula is C9H19NO3. The molecule has 3 N–H and O–H groups in total. The molecule has 4 nitrogen and oxygen atoms in total. The van der Waals surface area contributed by atoms with E-state index in [1.165, 1.54) is 0 Å². The topological polar surface area (TPSA) is 72.5 Å². The van der Waals surface area contributed by atoms with Gasteiger partial charge in [-0.15, -0.1) is 0 Å². The molecule has 0 radical (unpaired) electrons. The molecule has 0 heterocycles. The molecule has 0 spiro atoms. The van der Waals surface area contributed by atoms with Crippen molar-refractivity contribution in [3.05, 3.63) is 0 Å². The summed E-state index contributed by atoms with van der Waals surface area (Å²) in [7, 11) is 0. The van der Waals surface area contributed by atoms with Gasteiger partial charge in [-0.25, -0.2) is 4.79 Å². The number of esters is 1. The number of aliphatic hydroxyl groups excluding tert-OH is 1. The van der Waals surface area contributed by atoms with Gasteiger partial charge in [-0.3, -0.25) is 0 Å². The van der Waals surface area contributed by atoms with E-state index in [-0.39, 0.29) is 5.54 Å². The maximum atomic E-state index is 10.9. The Morgan fingerprint density at radius 2 is 2.15 bits per heavy atom. The second-order valence-corrected chi connectivity index (χ2v) is 3.80. The minimum atomic E-state index is -1.04. The van der Waals surface area contributed by atoms with Crippen LogP contribution in [0.2, 0.25) is 0 Å². The van der Waals surface area contributed by atoms with Gasteiger partial charge < -0.3 is 15.6 Å². The van der Waals surface area contributed by atoms with Crippen molar-refractivity contribution in [3.63, 3.8) is 0 Å². The van der Waals surface area contributed by atoms with Gasteiger partial charge in [0.15, 0.2) is 6.10 Å². The van der Waals surface area contributed by atoms with Crippen LogP contribution in [0.3, 0.4) is 0 Å². The molecule has 0 aromatic rings. The molecule has 0 amide bonds. The molecule has 0 aromatic heterocycles. The van der Waals surface area contributed by atoms with E-state index >= 15 is 0 Å². The van der Waals surface area contributed by atoms with E-state index in [4.69, 9.17) is 5.73 Å². The Hall–Kier alpha value is -0.610. The monoisotopic (exact) mass is 189 g/mol. The molecule has 0 aromatic carbocycles. The van der Waals surface area contributed by atoms with Crippen molar-refractivity contribution in [2.75, 3.05) is 6.61 Å². The average molecular weight is 189 g/mol. The number of hydrogen-bond donors (Lipinski definition) is 2. The number of carbonyl (C=O) groups is 1. The highest BCUT2D eigenvalue weighted by Gasteiger charge is 2.19. The first kappa shape index (κ1) is 12.4. The van der Waals surface area contributed by atoms with E-state index in [9.17, 15) is 9.90 Å². The first-order valence-electron chi connectivity index (χ1n) is 4.50. The van der Waals surface area contributed by atoms with E-state index in [1.807, 2.05) is 13.8 Å². The zero-order chi connectivity index (χ0) is 10.5. The normalized spacial score (nSPS) is 13.9. The fraction of sp³-hybridized carbons (Fsp3) is 0.889. The van der Waals surface area contributed by atoms with Crippen LogP contribution in [-0.2, 0) is 9.53 Å². The van der Waals surface area contributed by atoms with Crippen LogP contribution in [0.15, 0.2) is 0 Å². The Kier molecular flexibility index (Phi) is 4.95. The third-order valence-corrected chi connectivity index (χ3v) is 1.62. The Labute approximate surface area is 79.1 Å². The summed E-state index contributed by atoms with van der Waals surface area (Å²) >= 11 is 0. The van der Waals surface area contributed by atoms with Crippen LogP contribution in [0, 0.1) is 0 Å². The number of rotatable bonds is 5. The lowest BCUT2D eigenvalue weighted by Gasteiger charge is -2.19. The van der Waals surface area contributed by atoms with Gasteiger partial charge in [0.1, 0.15) is 0 Å². The zero-order valence-corrected chi connectivity index (χ0v) is 8.54. The summed E-state index contributed by atoms with van der Waals surface area (Å²) in [6.07, 6.45) is -0.0993. The van der Waals surface area contributed by atoms with Gasteiger partial charge >= 0.3 is 5.97 Å². The van der Waals surface area contributed by atoms with Crippen LogP contribution in [-0.4, -0.2) is 29.3 Å². The summed E-state index contributed by atoms with van der Waals surface area (Å²) in [5, 5.41) is 9.28. The van der Waals surface area contributed by atoms with E-state index in [0.717, 1.165) is 0 Å². The van der Waals surface area contributed by atoms with Crippen LogP contribution in [0.1, 0.15) is 33.6 Å². The first-order chi connectivity index (χ1) is 5.87. The van der Waals surface area contributed by atoms with Crippen LogP contribution >= 0.6 is 0 Å². The SMILES string of the molecule is CCOC(=O)C(O)CCC(C)(C)N. The van der Waals surface area contributed by atoms with Crippen molar-refractivity contribution in [1.82, 2.24) is 0 Å². The second-order valence-electron chi connectivity index (χ2n) is 3.80. The van der Waals surface area contributed by atoms with E-state index in [1.54, 1.807) is 6.92 Å². The third kappa shape index (κ3) is 6.54. The van der Waals surface area contributed by atoms with E-state index in [0.29, 0.717) is 19.4 Å². The van der Waals surface area contributed by atoms with Crippen molar-refractivity contribution in [3.8, 4) is 0 Å². The average Bonchev–Trinajstić information content (AvgIpc) is 1.99. The number of nitrogens with two attached hydrogens (primary N) is 1. The smallest absolute Gasteiger partial charge is 0.334 e. The van der Waals surface area contributed by atoms with Crippen LogP contribution in [0.25, 0.3) is 0 Å². The predicted molar refractivity (Wildman–Crippen MR) is 50.1 cm³/mol. The van der Waals surface area contributed by atoms with Crippen molar-refractivity contribution >= 4 is 5.97 Å². The summed E-state index contributed by atoms with van der Waals surface area (Å²) < 4.78 is 4.64. The van der Waals surface area contributed by atoms with Gasteiger partial charge in [0.05, 0.1) is 6.61 Å². The van der Waals surface area contributed by atoms with Crippen LogP contribution < -0.4 is 5.73 Å². The maximum Gasteiger partial charge on any atom is 0.334 e. The lowest BCUT2D eigenvalue weighted by molar-refractivity contribution is -0.153. The maximum absolute atomic E-state index is 10.9. The number of carbonyl (C=O) groups excluding carboxylic acids is 1. The number of ether oxygens (including phenoxy) is 1. The Morgan fingerprint density at radius 3 is 2.54 bits per heavy atom. The van der Waals surface area contributed by atoms with Crippen LogP contribution in [0.5, 0.6) is 0 Å². The molecule has 0 aliphatic carbocycles. The molecule has 0 rings (SSSR count). The number of aliphatic hydroxyl groups is 1. The Balaban J connectivity index is 3.74. The van der Waals surface area contributed by atoms with E-state index < -0.39 is 12.1 Å². The highest BCUT2D eigenvalue weighted by atomic mass is 16.5. The lowest BCUT2D eigenvalue weighted by atomic mass is 9.98. The summed E-state index contributed by atoms with van der Waals surface area (Å²) in [4.78, 5) is 10.9. The summed E-state index contributed by atoms with van der Waals surface area (Å²) in [6.45, 7) is 5.70. The molecule has 0 bridgehead atoms. The van der Waals surface area contributed by atoms with Gasteiger partial charge in [0, 0.05) is 5.54 Å². The van der Waals surface area contributed by atoms with Crippen molar-refractivity contribution in [2.24, 2.45) is 5.73 Å². The molecule has 1 unspecified atom stereocenters. The summed E-state index contributed by atoms with van der Waals surface area (Å²) in [5.41, 5.74) is 5.34. The molecule has 4 heteroatoms.